The molecule has 0 bridgehead atoms. The van der Waals surface area contributed by atoms with Crippen molar-refractivity contribution in [1.29, 1.82) is 0 Å². The van der Waals surface area contributed by atoms with E-state index in [9.17, 15) is 19.0 Å². The van der Waals surface area contributed by atoms with Crippen LogP contribution in [-0.4, -0.2) is 42.8 Å². The van der Waals surface area contributed by atoms with Gasteiger partial charge < -0.3 is 14.4 Å². The van der Waals surface area contributed by atoms with E-state index in [-0.39, 0.29) is 25.6 Å². The smallest absolute Gasteiger partial charge is 0.462 e. The summed E-state index contributed by atoms with van der Waals surface area (Å²) >= 11 is 0. The van der Waals surface area contributed by atoms with E-state index in [0.29, 0.717) is 12.8 Å². The summed E-state index contributed by atoms with van der Waals surface area (Å²) in [5.74, 6) is -0.823. The van der Waals surface area contributed by atoms with E-state index in [0.717, 1.165) is 70.6 Å². The Morgan fingerprint density at radius 3 is 1.75 bits per heavy atom. The number of carbonyl (C=O) groups is 2. The number of carbonyl (C=O) groups excluding carboxylic acids is 2. The number of phosphoric ester groups is 1. The summed E-state index contributed by atoms with van der Waals surface area (Å²) in [6.07, 6.45) is 32.0. The molecular weight excluding hydrogens is 579 g/mol. The van der Waals surface area contributed by atoms with Crippen molar-refractivity contribution in [2.45, 2.75) is 155 Å². The van der Waals surface area contributed by atoms with Crippen molar-refractivity contribution in [2.75, 3.05) is 19.8 Å². The van der Waals surface area contributed by atoms with Gasteiger partial charge in [-0.15, -0.1) is 0 Å². The Labute approximate surface area is 268 Å². The first-order valence-electron chi connectivity index (χ1n) is 17.3. The first-order chi connectivity index (χ1) is 21.3. The molecule has 0 aliphatic carbocycles. The number of allylic oxidation sites excluding steroid dienone is 6. The van der Waals surface area contributed by atoms with Crippen LogP contribution in [-0.2, 0) is 32.7 Å². The molecule has 0 rings (SSSR count). The molecule has 0 radical (unpaired) electrons. The maximum absolute atomic E-state index is 12.4. The van der Waals surface area contributed by atoms with Gasteiger partial charge in [-0.2, -0.15) is 0 Å². The van der Waals surface area contributed by atoms with Crippen molar-refractivity contribution in [2.24, 2.45) is 0 Å². The average molecular weight is 643 g/mol. The summed E-state index contributed by atoms with van der Waals surface area (Å²) in [5.41, 5.74) is 0. The minimum atomic E-state index is -4.27. The van der Waals surface area contributed by atoms with E-state index in [4.69, 9.17) is 18.5 Å². The fraction of sp³-hybridized carbons (Fsp3) is 0.771. The van der Waals surface area contributed by atoms with E-state index in [2.05, 4.69) is 50.3 Å². The van der Waals surface area contributed by atoms with Crippen LogP contribution >= 0.6 is 7.82 Å². The lowest BCUT2D eigenvalue weighted by Gasteiger charge is -2.19. The molecule has 256 valence electrons. The van der Waals surface area contributed by atoms with Crippen LogP contribution < -0.4 is 0 Å². The maximum atomic E-state index is 12.4. The van der Waals surface area contributed by atoms with E-state index >= 15 is 0 Å². The molecule has 0 saturated carbocycles. The fourth-order valence-corrected chi connectivity index (χ4v) is 5.22. The Balaban J connectivity index is 4.23. The van der Waals surface area contributed by atoms with Gasteiger partial charge in [0.05, 0.1) is 13.2 Å². The van der Waals surface area contributed by atoms with E-state index in [1.807, 2.05) is 0 Å². The summed E-state index contributed by atoms with van der Waals surface area (Å²) < 4.78 is 32.4. The van der Waals surface area contributed by atoms with E-state index in [1.54, 1.807) is 6.92 Å². The Hall–Kier alpha value is -1.73. The molecular formula is C35H63O8P. The number of rotatable bonds is 31. The van der Waals surface area contributed by atoms with Crippen LogP contribution in [0.3, 0.4) is 0 Å². The van der Waals surface area contributed by atoms with Gasteiger partial charge in [0.15, 0.2) is 6.10 Å². The van der Waals surface area contributed by atoms with Crippen molar-refractivity contribution < 1.29 is 37.6 Å². The normalized spacial score (nSPS) is 14.0. The number of hydrogen-bond donors (Lipinski definition) is 1. The monoisotopic (exact) mass is 642 g/mol. The number of esters is 2. The largest absolute Gasteiger partial charge is 0.472 e. The van der Waals surface area contributed by atoms with Crippen molar-refractivity contribution >= 4 is 19.8 Å². The number of unbranched alkanes of at least 4 members (excludes halogenated alkanes) is 13. The molecule has 1 N–H and O–H groups in total. The minimum absolute atomic E-state index is 0.00319. The highest BCUT2D eigenvalue weighted by Gasteiger charge is 2.25. The van der Waals surface area contributed by atoms with Crippen LogP contribution in [0.5, 0.6) is 0 Å². The predicted octanol–water partition coefficient (Wildman–Crippen LogP) is 10.1. The number of phosphoric acid groups is 1. The molecule has 9 heteroatoms. The highest BCUT2D eigenvalue weighted by atomic mass is 31.2. The van der Waals surface area contributed by atoms with Gasteiger partial charge in [-0.1, -0.05) is 121 Å². The molecule has 0 aromatic rings. The molecule has 0 heterocycles. The maximum Gasteiger partial charge on any atom is 0.472 e. The molecule has 0 saturated heterocycles. The molecule has 0 aliphatic heterocycles. The van der Waals surface area contributed by atoms with Crippen LogP contribution in [0.2, 0.25) is 0 Å². The van der Waals surface area contributed by atoms with Crippen molar-refractivity contribution in [3.05, 3.63) is 36.5 Å². The third-order valence-electron chi connectivity index (χ3n) is 6.96. The van der Waals surface area contributed by atoms with Gasteiger partial charge in [-0.25, -0.2) is 4.57 Å². The van der Waals surface area contributed by atoms with Crippen molar-refractivity contribution in [1.82, 2.24) is 0 Å². The molecule has 0 aromatic heterocycles. The molecule has 2 atom stereocenters. The third kappa shape index (κ3) is 30.3. The molecule has 0 fully saturated rings. The highest BCUT2D eigenvalue weighted by Crippen LogP contribution is 2.43. The molecule has 0 spiro atoms. The molecule has 0 aliphatic rings. The zero-order valence-corrected chi connectivity index (χ0v) is 29.0. The lowest BCUT2D eigenvalue weighted by atomic mass is 10.1. The molecule has 44 heavy (non-hydrogen) atoms. The standard InChI is InChI=1S/C35H63O8P/c1-4-7-9-11-13-15-16-17-18-19-20-22-24-26-28-30-35(37)43-33(32-42-44(38,39)41-6-3)31-40-34(36)29-27-25-23-21-14-12-10-8-5-2/h7,9,13,15,17-18,33H,4-6,8,10-12,14,16,19-32H2,1-3H3,(H,38,39)/b9-7-,15-13-,18-17-. The lowest BCUT2D eigenvalue weighted by molar-refractivity contribution is -0.161. The first kappa shape index (κ1) is 42.3. The SMILES string of the molecule is CC/C=C\C/C=C\C/C=C\CCCCCCCC(=O)OC(COC(=O)CCCCCCCCCCC)COP(=O)(O)OCC. The van der Waals surface area contributed by atoms with Gasteiger partial charge in [0.25, 0.3) is 0 Å². The Kier molecular flexibility index (Phi) is 30.0. The van der Waals surface area contributed by atoms with Crippen LogP contribution in [0.15, 0.2) is 36.5 Å². The summed E-state index contributed by atoms with van der Waals surface area (Å²) in [4.78, 5) is 34.4. The highest BCUT2D eigenvalue weighted by molar-refractivity contribution is 7.47. The molecule has 0 amide bonds. The zero-order chi connectivity index (χ0) is 32.6. The van der Waals surface area contributed by atoms with Crippen LogP contribution in [0.1, 0.15) is 149 Å². The zero-order valence-electron chi connectivity index (χ0n) is 28.1. The summed E-state index contributed by atoms with van der Waals surface area (Å²) in [6.45, 7) is 5.29. The van der Waals surface area contributed by atoms with Gasteiger partial charge in [0, 0.05) is 12.8 Å². The minimum Gasteiger partial charge on any atom is -0.462 e. The summed E-state index contributed by atoms with van der Waals surface area (Å²) in [7, 11) is -4.27. The van der Waals surface area contributed by atoms with E-state index < -0.39 is 26.5 Å². The van der Waals surface area contributed by atoms with Gasteiger partial charge >= 0.3 is 19.8 Å². The second kappa shape index (κ2) is 31.3. The van der Waals surface area contributed by atoms with Crippen LogP contribution in [0.25, 0.3) is 0 Å². The molecule has 0 aromatic carbocycles. The van der Waals surface area contributed by atoms with E-state index in [1.165, 1.54) is 38.5 Å². The fourth-order valence-electron chi connectivity index (χ4n) is 4.47. The average Bonchev–Trinajstić information content (AvgIpc) is 2.99. The quantitative estimate of drug-likeness (QED) is 0.0344. The van der Waals surface area contributed by atoms with Gasteiger partial charge in [-0.05, 0) is 51.9 Å². The topological polar surface area (TPSA) is 108 Å². The van der Waals surface area contributed by atoms with Crippen LogP contribution in [0, 0.1) is 0 Å². The van der Waals surface area contributed by atoms with Crippen molar-refractivity contribution in [3.8, 4) is 0 Å². The third-order valence-corrected chi connectivity index (χ3v) is 8.02. The van der Waals surface area contributed by atoms with Crippen molar-refractivity contribution in [3.63, 3.8) is 0 Å². The van der Waals surface area contributed by atoms with Gasteiger partial charge in [0.1, 0.15) is 6.61 Å². The van der Waals surface area contributed by atoms with Gasteiger partial charge in [-0.3, -0.25) is 18.6 Å². The molecule has 2 unspecified atom stereocenters. The summed E-state index contributed by atoms with van der Waals surface area (Å²) in [6, 6.07) is 0. The Morgan fingerprint density at radius 1 is 0.636 bits per heavy atom. The van der Waals surface area contributed by atoms with Crippen LogP contribution in [0.4, 0.5) is 0 Å². The molecule has 8 nitrogen and oxygen atoms in total. The second-order valence-corrected chi connectivity index (χ2v) is 12.6. The Bertz CT molecular complexity index is 824. The second-order valence-electron chi connectivity index (χ2n) is 11.2. The number of hydrogen-bond acceptors (Lipinski definition) is 7. The predicted molar refractivity (Wildman–Crippen MR) is 179 cm³/mol. The number of ether oxygens (including phenoxy) is 2. The summed E-state index contributed by atoms with van der Waals surface area (Å²) in [5, 5.41) is 0. The van der Waals surface area contributed by atoms with Gasteiger partial charge in [0.2, 0.25) is 0 Å². The first-order valence-corrected chi connectivity index (χ1v) is 18.8. The Morgan fingerprint density at radius 2 is 1.16 bits per heavy atom. The lowest BCUT2D eigenvalue weighted by Crippen LogP contribution is -2.29.